The molecule has 0 heterocycles. The van der Waals surface area contributed by atoms with Crippen molar-refractivity contribution in [3.05, 3.63) is 102 Å². The zero-order valence-corrected chi connectivity index (χ0v) is 18.3. The number of carbonyl (C=O) groups is 1. The maximum atomic E-state index is 11.4. The van der Waals surface area contributed by atoms with Gasteiger partial charge < -0.3 is 19.9 Å². The highest BCUT2D eigenvalue weighted by atomic mass is 16.5. The van der Waals surface area contributed by atoms with Gasteiger partial charge in [0.15, 0.2) is 0 Å². The Bertz CT molecular complexity index is 901. The van der Waals surface area contributed by atoms with E-state index in [-0.39, 0.29) is 6.42 Å². The van der Waals surface area contributed by atoms with E-state index in [9.17, 15) is 9.90 Å². The highest BCUT2D eigenvalue weighted by Crippen LogP contribution is 2.18. The first-order valence-electron chi connectivity index (χ1n) is 10.2. The minimum atomic E-state index is -0.953. The van der Waals surface area contributed by atoms with Gasteiger partial charge in [0.25, 0.3) is 0 Å². The summed E-state index contributed by atoms with van der Waals surface area (Å²) in [5.41, 5.74) is 3.78. The van der Waals surface area contributed by atoms with Gasteiger partial charge in [0, 0.05) is 12.1 Å². The Morgan fingerprint density at radius 2 is 1.77 bits per heavy atom. The SMILES string of the molecule is C=C(/C=C(/CC(NC(=C)C)C(=O)O)OC)CCc1ccc(OCc2ccccc2)cc1. The number of nitrogens with one attached hydrogen (secondary N) is 1. The Morgan fingerprint density at radius 3 is 2.35 bits per heavy atom. The van der Waals surface area contributed by atoms with Gasteiger partial charge in [0.1, 0.15) is 18.4 Å². The molecular weight excluding hydrogens is 390 g/mol. The number of methoxy groups -OCH3 is 1. The largest absolute Gasteiger partial charge is 0.501 e. The second-order valence-electron chi connectivity index (χ2n) is 7.41. The highest BCUT2D eigenvalue weighted by molar-refractivity contribution is 5.74. The molecule has 5 nitrogen and oxygen atoms in total. The molecule has 0 bridgehead atoms. The van der Waals surface area contributed by atoms with Gasteiger partial charge in [-0.1, -0.05) is 61.2 Å². The molecule has 0 spiro atoms. The van der Waals surface area contributed by atoms with Crippen LogP contribution in [0.2, 0.25) is 0 Å². The summed E-state index contributed by atoms with van der Waals surface area (Å²) in [5, 5.41) is 12.2. The number of carboxylic acid groups (broad SMARTS) is 1. The summed E-state index contributed by atoms with van der Waals surface area (Å²) in [6.45, 7) is 10.1. The number of aliphatic carboxylic acids is 1. The van der Waals surface area contributed by atoms with Crippen LogP contribution in [0.15, 0.2) is 90.9 Å². The molecule has 2 rings (SSSR count). The lowest BCUT2D eigenvalue weighted by molar-refractivity contribution is -0.139. The van der Waals surface area contributed by atoms with Crippen LogP contribution in [-0.4, -0.2) is 24.2 Å². The van der Waals surface area contributed by atoms with Crippen molar-refractivity contribution in [1.29, 1.82) is 0 Å². The second-order valence-corrected chi connectivity index (χ2v) is 7.41. The predicted molar refractivity (Wildman–Crippen MR) is 124 cm³/mol. The summed E-state index contributed by atoms with van der Waals surface area (Å²) in [6, 6.07) is 17.3. The molecule has 0 radical (unpaired) electrons. The van der Waals surface area contributed by atoms with Gasteiger partial charge in [0.05, 0.1) is 12.9 Å². The highest BCUT2D eigenvalue weighted by Gasteiger charge is 2.19. The van der Waals surface area contributed by atoms with Gasteiger partial charge in [-0.05, 0) is 49.1 Å². The predicted octanol–water partition coefficient (Wildman–Crippen LogP) is 5.25. The van der Waals surface area contributed by atoms with Crippen molar-refractivity contribution in [2.24, 2.45) is 0 Å². The Kier molecular flexibility index (Phi) is 9.43. The summed E-state index contributed by atoms with van der Waals surface area (Å²) in [4.78, 5) is 11.4. The minimum absolute atomic E-state index is 0.213. The van der Waals surface area contributed by atoms with E-state index < -0.39 is 12.0 Å². The number of hydrogen-bond donors (Lipinski definition) is 2. The van der Waals surface area contributed by atoms with Crippen LogP contribution in [0, 0.1) is 0 Å². The zero-order chi connectivity index (χ0) is 22.6. The molecular formula is C26H31NO4. The summed E-state index contributed by atoms with van der Waals surface area (Å²) in [5.74, 6) is 0.444. The number of ether oxygens (including phenoxy) is 2. The fraction of sp³-hybridized carbons (Fsp3) is 0.269. The Labute approximate surface area is 184 Å². The molecule has 0 aliphatic rings. The molecule has 0 saturated carbocycles. The third kappa shape index (κ3) is 8.83. The smallest absolute Gasteiger partial charge is 0.326 e. The molecule has 1 unspecified atom stereocenters. The summed E-state index contributed by atoms with van der Waals surface area (Å²) in [7, 11) is 1.53. The van der Waals surface area contributed by atoms with Crippen molar-refractivity contribution in [2.75, 3.05) is 7.11 Å². The van der Waals surface area contributed by atoms with E-state index in [0.717, 1.165) is 29.7 Å². The van der Waals surface area contributed by atoms with Crippen LogP contribution in [0.25, 0.3) is 0 Å². The van der Waals surface area contributed by atoms with Gasteiger partial charge >= 0.3 is 5.97 Å². The molecule has 0 aromatic heterocycles. The number of carboxylic acids is 1. The average Bonchev–Trinajstić information content (AvgIpc) is 2.76. The van der Waals surface area contributed by atoms with E-state index in [1.807, 2.05) is 60.7 Å². The maximum absolute atomic E-state index is 11.4. The lowest BCUT2D eigenvalue weighted by Crippen LogP contribution is -2.35. The second kappa shape index (κ2) is 12.3. The van der Waals surface area contributed by atoms with Gasteiger partial charge in [-0.2, -0.15) is 0 Å². The standard InChI is InChI=1S/C26H31NO4/c1-19(2)27-25(26(28)29)17-24(30-4)16-20(3)10-11-21-12-14-23(15-13-21)31-18-22-8-6-5-7-9-22/h5-9,12-16,25,27H,1,3,10-11,17-18H2,2,4H3,(H,28,29)/b24-16-. The van der Waals surface area contributed by atoms with E-state index >= 15 is 0 Å². The van der Waals surface area contributed by atoms with Crippen LogP contribution in [0.1, 0.15) is 30.9 Å². The summed E-state index contributed by atoms with van der Waals surface area (Å²) in [6.07, 6.45) is 3.58. The number of rotatable bonds is 13. The summed E-state index contributed by atoms with van der Waals surface area (Å²) >= 11 is 0. The minimum Gasteiger partial charge on any atom is -0.501 e. The third-order valence-electron chi connectivity index (χ3n) is 4.66. The van der Waals surface area contributed by atoms with Crippen LogP contribution in [0.5, 0.6) is 5.75 Å². The topological polar surface area (TPSA) is 67.8 Å². The Balaban J connectivity index is 1.85. The number of benzene rings is 2. The molecule has 2 aromatic rings. The molecule has 0 amide bonds. The maximum Gasteiger partial charge on any atom is 0.326 e. The van der Waals surface area contributed by atoms with E-state index in [4.69, 9.17) is 9.47 Å². The molecule has 5 heteroatoms. The number of allylic oxidation sites excluding steroid dienone is 3. The normalized spacial score (nSPS) is 12.0. The van der Waals surface area contributed by atoms with Crippen molar-refractivity contribution in [3.63, 3.8) is 0 Å². The van der Waals surface area contributed by atoms with Crippen molar-refractivity contribution in [1.82, 2.24) is 5.32 Å². The van der Waals surface area contributed by atoms with Crippen molar-refractivity contribution in [2.45, 2.75) is 38.8 Å². The third-order valence-corrected chi connectivity index (χ3v) is 4.66. The Hall–Kier alpha value is -3.47. The Morgan fingerprint density at radius 1 is 1.10 bits per heavy atom. The first-order chi connectivity index (χ1) is 14.9. The van der Waals surface area contributed by atoms with Crippen molar-refractivity contribution < 1.29 is 19.4 Å². The first-order valence-corrected chi connectivity index (χ1v) is 10.2. The van der Waals surface area contributed by atoms with Gasteiger partial charge in [0.2, 0.25) is 0 Å². The zero-order valence-electron chi connectivity index (χ0n) is 18.3. The van der Waals surface area contributed by atoms with Crippen molar-refractivity contribution in [3.8, 4) is 5.75 Å². The quantitative estimate of drug-likeness (QED) is 0.341. The van der Waals surface area contributed by atoms with Crippen LogP contribution >= 0.6 is 0 Å². The van der Waals surface area contributed by atoms with E-state index in [1.54, 1.807) is 6.92 Å². The van der Waals surface area contributed by atoms with Crippen LogP contribution < -0.4 is 10.1 Å². The van der Waals surface area contributed by atoms with E-state index in [2.05, 4.69) is 18.5 Å². The number of hydrogen-bond acceptors (Lipinski definition) is 4. The average molecular weight is 422 g/mol. The van der Waals surface area contributed by atoms with Crippen LogP contribution in [0.4, 0.5) is 0 Å². The molecule has 1 atom stereocenters. The van der Waals surface area contributed by atoms with Gasteiger partial charge in [-0.3, -0.25) is 0 Å². The van der Waals surface area contributed by atoms with E-state index in [0.29, 0.717) is 18.1 Å². The molecule has 0 fully saturated rings. The van der Waals surface area contributed by atoms with Crippen molar-refractivity contribution >= 4 is 5.97 Å². The fourth-order valence-corrected chi connectivity index (χ4v) is 3.00. The number of aryl methyl sites for hydroxylation is 1. The van der Waals surface area contributed by atoms with Gasteiger partial charge in [-0.25, -0.2) is 4.79 Å². The molecule has 0 aliphatic carbocycles. The monoisotopic (exact) mass is 421 g/mol. The molecule has 31 heavy (non-hydrogen) atoms. The molecule has 164 valence electrons. The summed E-state index contributed by atoms with van der Waals surface area (Å²) < 4.78 is 11.2. The fourth-order valence-electron chi connectivity index (χ4n) is 3.00. The van der Waals surface area contributed by atoms with Gasteiger partial charge in [-0.15, -0.1) is 0 Å². The molecule has 0 aliphatic heterocycles. The molecule has 2 N–H and O–H groups in total. The first kappa shape index (κ1) is 23.8. The van der Waals surface area contributed by atoms with E-state index in [1.165, 1.54) is 12.7 Å². The lowest BCUT2D eigenvalue weighted by atomic mass is 10.0. The van der Waals surface area contributed by atoms with Crippen LogP contribution in [0.3, 0.4) is 0 Å². The van der Waals surface area contributed by atoms with Crippen LogP contribution in [-0.2, 0) is 22.6 Å². The molecule has 0 saturated heterocycles. The lowest BCUT2D eigenvalue weighted by Gasteiger charge is -2.17. The molecule has 2 aromatic carbocycles.